The summed E-state index contributed by atoms with van der Waals surface area (Å²) in [5.41, 5.74) is 9.74. The van der Waals surface area contributed by atoms with Gasteiger partial charge in [0, 0.05) is 24.1 Å². The van der Waals surface area contributed by atoms with Crippen molar-refractivity contribution >= 4 is 23.5 Å². The molecule has 3 amide bonds. The van der Waals surface area contributed by atoms with E-state index in [1.807, 2.05) is 25.1 Å². The molecule has 1 unspecified atom stereocenters. The molecule has 2 aromatic rings. The second-order valence-electron chi connectivity index (χ2n) is 7.01. The molecule has 4 rings (SSSR count). The molecule has 0 bridgehead atoms. The number of carbonyl (C=O) groups excluding carboxylic acids is 3. The Balaban J connectivity index is 1.64. The molecule has 8 heteroatoms. The van der Waals surface area contributed by atoms with Gasteiger partial charge in [0.15, 0.2) is 11.6 Å². The topological polar surface area (TPSA) is 115 Å². The van der Waals surface area contributed by atoms with Crippen molar-refractivity contribution < 1.29 is 19.1 Å². The van der Waals surface area contributed by atoms with E-state index in [1.165, 1.54) is 4.90 Å². The maximum Gasteiger partial charge on any atom is 0.255 e. The third-order valence-electron chi connectivity index (χ3n) is 5.21. The van der Waals surface area contributed by atoms with E-state index in [0.29, 0.717) is 35.8 Å². The minimum absolute atomic E-state index is 0.200. The Morgan fingerprint density at radius 3 is 2.71 bits per heavy atom. The van der Waals surface area contributed by atoms with Crippen LogP contribution in [-0.4, -0.2) is 40.8 Å². The van der Waals surface area contributed by atoms with Gasteiger partial charge in [-0.1, -0.05) is 6.07 Å². The molecule has 28 heavy (non-hydrogen) atoms. The molecule has 3 N–H and O–H groups in total. The van der Waals surface area contributed by atoms with E-state index in [2.05, 4.69) is 10.3 Å². The number of nitrogens with two attached hydrogens (primary N) is 1. The zero-order valence-electron chi connectivity index (χ0n) is 15.6. The van der Waals surface area contributed by atoms with Crippen LogP contribution in [-0.2, 0) is 16.1 Å². The number of hydrogen-bond donors (Lipinski definition) is 2. The summed E-state index contributed by atoms with van der Waals surface area (Å²) in [5, 5.41) is 2.31. The maximum absolute atomic E-state index is 12.8. The number of rotatable bonds is 3. The number of methoxy groups -OCH3 is 1. The standard InChI is InChI=1S/C20H20N4O4/c1-10-7-14(22-18(21)17(10)28-2)11-3-4-13-12(8-11)9-24(20(13)27)15-5-6-16(25)23-19(15)26/h3-4,7-8,15H,5-6,9H2,1-2H3,(H2,21,22)(H,23,25,26). The number of ether oxygens (including phenoxy) is 1. The summed E-state index contributed by atoms with van der Waals surface area (Å²) in [6, 6.07) is 6.71. The third-order valence-corrected chi connectivity index (χ3v) is 5.21. The van der Waals surface area contributed by atoms with Crippen LogP contribution in [0.1, 0.15) is 34.3 Å². The summed E-state index contributed by atoms with van der Waals surface area (Å²) in [6.07, 6.45) is 0.573. The molecule has 2 aliphatic rings. The minimum atomic E-state index is -0.627. The highest BCUT2D eigenvalue weighted by atomic mass is 16.5. The largest absolute Gasteiger partial charge is 0.493 e. The van der Waals surface area contributed by atoms with Gasteiger partial charge in [0.1, 0.15) is 6.04 Å². The molecule has 2 aliphatic heterocycles. The van der Waals surface area contributed by atoms with Crippen LogP contribution >= 0.6 is 0 Å². The Morgan fingerprint density at radius 1 is 1.25 bits per heavy atom. The van der Waals surface area contributed by atoms with Gasteiger partial charge in [0.05, 0.1) is 12.8 Å². The fourth-order valence-electron chi connectivity index (χ4n) is 3.83. The first-order chi connectivity index (χ1) is 13.4. The fraction of sp³-hybridized carbons (Fsp3) is 0.300. The van der Waals surface area contributed by atoms with Gasteiger partial charge in [-0.15, -0.1) is 0 Å². The number of carbonyl (C=O) groups is 3. The molecule has 1 aromatic carbocycles. The first-order valence-corrected chi connectivity index (χ1v) is 8.98. The van der Waals surface area contributed by atoms with Crippen LogP contribution in [0.15, 0.2) is 24.3 Å². The van der Waals surface area contributed by atoms with Gasteiger partial charge in [-0.3, -0.25) is 19.7 Å². The number of piperidine rings is 1. The van der Waals surface area contributed by atoms with Crippen LogP contribution in [0.4, 0.5) is 5.82 Å². The highest BCUT2D eigenvalue weighted by molar-refractivity contribution is 6.05. The first kappa shape index (κ1) is 18.0. The third kappa shape index (κ3) is 2.87. The zero-order valence-corrected chi connectivity index (χ0v) is 15.6. The highest BCUT2D eigenvalue weighted by Gasteiger charge is 2.39. The SMILES string of the molecule is COc1c(C)cc(-c2ccc3c(c2)CN(C2CCC(=O)NC2=O)C3=O)nc1N. The summed E-state index contributed by atoms with van der Waals surface area (Å²) in [5.74, 6) is -0.0677. The van der Waals surface area contributed by atoms with Gasteiger partial charge in [-0.2, -0.15) is 0 Å². The number of nitrogens with zero attached hydrogens (tertiary/aromatic N) is 2. The van der Waals surface area contributed by atoms with E-state index in [9.17, 15) is 14.4 Å². The molecule has 0 saturated carbocycles. The van der Waals surface area contributed by atoms with E-state index in [1.54, 1.807) is 13.2 Å². The zero-order chi connectivity index (χ0) is 20.0. The summed E-state index contributed by atoms with van der Waals surface area (Å²) in [7, 11) is 1.55. The van der Waals surface area contributed by atoms with Gasteiger partial charge in [0.25, 0.3) is 5.91 Å². The summed E-state index contributed by atoms with van der Waals surface area (Å²) in [6.45, 7) is 2.21. The van der Waals surface area contributed by atoms with Gasteiger partial charge >= 0.3 is 0 Å². The van der Waals surface area contributed by atoms with E-state index in [-0.39, 0.29) is 18.2 Å². The van der Waals surface area contributed by atoms with Crippen LogP contribution in [0, 0.1) is 6.92 Å². The lowest BCUT2D eigenvalue weighted by Crippen LogP contribution is -2.52. The molecular weight excluding hydrogens is 360 g/mol. The quantitative estimate of drug-likeness (QED) is 0.778. The summed E-state index contributed by atoms with van der Waals surface area (Å²) in [4.78, 5) is 42.2. The van der Waals surface area contributed by atoms with Crippen molar-refractivity contribution in [3.63, 3.8) is 0 Å². The number of benzene rings is 1. The van der Waals surface area contributed by atoms with E-state index in [0.717, 1.165) is 16.7 Å². The molecular formula is C20H20N4O4. The van der Waals surface area contributed by atoms with Crippen molar-refractivity contribution in [1.82, 2.24) is 15.2 Å². The summed E-state index contributed by atoms with van der Waals surface area (Å²) < 4.78 is 5.25. The number of nitrogen functional groups attached to an aromatic ring is 1. The predicted octanol–water partition coefficient (Wildman–Crippen LogP) is 1.41. The lowest BCUT2D eigenvalue weighted by molar-refractivity contribution is -0.136. The number of nitrogens with one attached hydrogen (secondary N) is 1. The Labute approximate surface area is 161 Å². The maximum atomic E-state index is 12.8. The van der Waals surface area contributed by atoms with Crippen molar-refractivity contribution in [2.45, 2.75) is 32.4 Å². The molecule has 0 spiro atoms. The van der Waals surface area contributed by atoms with E-state index < -0.39 is 11.9 Å². The number of amides is 3. The van der Waals surface area contributed by atoms with E-state index in [4.69, 9.17) is 10.5 Å². The molecule has 0 radical (unpaired) electrons. The number of aromatic nitrogens is 1. The molecule has 0 aliphatic carbocycles. The minimum Gasteiger partial charge on any atom is -0.493 e. The van der Waals surface area contributed by atoms with Crippen molar-refractivity contribution in [1.29, 1.82) is 0 Å². The number of fused-ring (bicyclic) bond motifs is 1. The smallest absolute Gasteiger partial charge is 0.255 e. The van der Waals surface area contributed by atoms with Crippen LogP contribution in [0.5, 0.6) is 5.75 Å². The van der Waals surface area contributed by atoms with Crippen LogP contribution in [0.2, 0.25) is 0 Å². The molecule has 144 valence electrons. The number of pyridine rings is 1. The number of anilines is 1. The van der Waals surface area contributed by atoms with Crippen LogP contribution < -0.4 is 15.8 Å². The number of imide groups is 1. The fourth-order valence-corrected chi connectivity index (χ4v) is 3.83. The normalized spacial score (nSPS) is 18.9. The lowest BCUT2D eigenvalue weighted by Gasteiger charge is -2.29. The van der Waals surface area contributed by atoms with Gasteiger partial charge in [-0.25, -0.2) is 4.98 Å². The Kier molecular flexibility index (Phi) is 4.26. The second-order valence-corrected chi connectivity index (χ2v) is 7.01. The van der Waals surface area contributed by atoms with Crippen molar-refractivity contribution in [2.24, 2.45) is 0 Å². The number of hydrogen-bond acceptors (Lipinski definition) is 6. The van der Waals surface area contributed by atoms with Gasteiger partial charge in [-0.05, 0) is 42.7 Å². The van der Waals surface area contributed by atoms with E-state index >= 15 is 0 Å². The second kappa shape index (κ2) is 6.63. The average Bonchev–Trinajstić information content (AvgIpc) is 2.97. The summed E-state index contributed by atoms with van der Waals surface area (Å²) >= 11 is 0. The van der Waals surface area contributed by atoms with Crippen molar-refractivity contribution in [3.05, 3.63) is 41.0 Å². The predicted molar refractivity (Wildman–Crippen MR) is 101 cm³/mol. The van der Waals surface area contributed by atoms with Crippen LogP contribution in [0.25, 0.3) is 11.3 Å². The molecule has 1 fully saturated rings. The van der Waals surface area contributed by atoms with Crippen molar-refractivity contribution in [3.8, 4) is 17.0 Å². The van der Waals surface area contributed by atoms with Gasteiger partial charge in [0.2, 0.25) is 11.8 Å². The Hall–Kier alpha value is -3.42. The first-order valence-electron chi connectivity index (χ1n) is 8.98. The molecule has 1 atom stereocenters. The molecule has 8 nitrogen and oxygen atoms in total. The molecule has 3 heterocycles. The Morgan fingerprint density at radius 2 is 2.04 bits per heavy atom. The molecule has 1 aromatic heterocycles. The lowest BCUT2D eigenvalue weighted by atomic mass is 10.0. The molecule has 1 saturated heterocycles. The van der Waals surface area contributed by atoms with Crippen molar-refractivity contribution in [2.75, 3.05) is 12.8 Å². The Bertz CT molecular complexity index is 994. The highest BCUT2D eigenvalue weighted by Crippen LogP contribution is 2.33. The van der Waals surface area contributed by atoms with Gasteiger partial charge < -0.3 is 15.4 Å². The number of aryl methyl sites for hydroxylation is 1. The monoisotopic (exact) mass is 380 g/mol. The van der Waals surface area contributed by atoms with Crippen LogP contribution in [0.3, 0.4) is 0 Å². The average molecular weight is 380 g/mol.